The predicted octanol–water partition coefficient (Wildman–Crippen LogP) is 2.24. The minimum Gasteiger partial charge on any atom is -0.349 e. The van der Waals surface area contributed by atoms with Crippen LogP contribution in [0.4, 0.5) is 0 Å². The third-order valence-corrected chi connectivity index (χ3v) is 5.31. The highest BCUT2D eigenvalue weighted by Gasteiger charge is 2.30. The van der Waals surface area contributed by atoms with Crippen molar-refractivity contribution in [1.82, 2.24) is 24.6 Å². The summed E-state index contributed by atoms with van der Waals surface area (Å²) in [4.78, 5) is 29.6. The van der Waals surface area contributed by atoms with Crippen molar-refractivity contribution in [1.29, 1.82) is 0 Å². The van der Waals surface area contributed by atoms with E-state index in [1.165, 1.54) is 16.0 Å². The number of aryl methyl sites for hydroxylation is 1. The smallest absolute Gasteiger partial charge is 0.346 e. The van der Waals surface area contributed by atoms with Crippen molar-refractivity contribution < 1.29 is 4.79 Å². The molecule has 3 heterocycles. The first-order valence-corrected chi connectivity index (χ1v) is 9.44. The zero-order valence-corrected chi connectivity index (χ0v) is 15.2. The molecule has 1 amide bonds. The average Bonchev–Trinajstić information content (AvgIpc) is 3.30. The van der Waals surface area contributed by atoms with Crippen LogP contribution >= 0.6 is 11.3 Å². The molecule has 4 rings (SSSR count). The summed E-state index contributed by atoms with van der Waals surface area (Å²) in [7, 11) is 0. The molecule has 0 unspecified atom stereocenters. The number of thiophene rings is 1. The second-order valence-electron chi connectivity index (χ2n) is 6.42. The molecule has 0 saturated heterocycles. The predicted molar refractivity (Wildman–Crippen MR) is 99.4 cm³/mol. The summed E-state index contributed by atoms with van der Waals surface area (Å²) in [6.07, 6.45) is 5.40. The van der Waals surface area contributed by atoms with Crippen LogP contribution in [-0.2, 0) is 6.54 Å². The van der Waals surface area contributed by atoms with Gasteiger partial charge in [-0.3, -0.25) is 14.3 Å². The van der Waals surface area contributed by atoms with Gasteiger partial charge in [-0.25, -0.2) is 9.48 Å². The molecular weight excluding hydrogens is 350 g/mol. The molecule has 3 aromatic rings. The highest BCUT2D eigenvalue weighted by atomic mass is 32.1. The van der Waals surface area contributed by atoms with E-state index in [0.717, 1.165) is 24.0 Å². The Morgan fingerprint density at radius 2 is 2.27 bits per heavy atom. The monoisotopic (exact) mass is 369 g/mol. The molecule has 134 valence electrons. The fourth-order valence-corrected chi connectivity index (χ4v) is 3.65. The highest BCUT2D eigenvalue weighted by molar-refractivity contribution is 7.12. The first kappa shape index (κ1) is 16.7. The summed E-state index contributed by atoms with van der Waals surface area (Å²) in [5, 5.41) is 9.29. The maximum Gasteiger partial charge on any atom is 0.346 e. The van der Waals surface area contributed by atoms with E-state index >= 15 is 0 Å². The third-order valence-electron chi connectivity index (χ3n) is 4.27. The van der Waals surface area contributed by atoms with Crippen LogP contribution in [-0.4, -0.2) is 31.8 Å². The minimum atomic E-state index is -0.132. The molecule has 0 aliphatic heterocycles. The van der Waals surface area contributed by atoms with Crippen LogP contribution in [0.1, 0.15) is 34.1 Å². The Labute approximate surface area is 154 Å². The van der Waals surface area contributed by atoms with Crippen LogP contribution in [0.15, 0.2) is 40.8 Å². The molecule has 3 aromatic heterocycles. The molecule has 1 N–H and O–H groups in total. The fraction of sp³-hybridized carbons (Fsp3) is 0.333. The zero-order chi connectivity index (χ0) is 18.1. The van der Waals surface area contributed by atoms with E-state index in [0.29, 0.717) is 23.8 Å². The number of aromatic nitrogens is 4. The van der Waals surface area contributed by atoms with Gasteiger partial charge in [-0.2, -0.15) is 0 Å². The van der Waals surface area contributed by atoms with Crippen LogP contribution in [0.2, 0.25) is 0 Å². The molecule has 0 spiro atoms. The summed E-state index contributed by atoms with van der Waals surface area (Å²) in [6, 6.07) is 5.81. The van der Waals surface area contributed by atoms with Gasteiger partial charge in [-0.15, -0.1) is 16.4 Å². The van der Waals surface area contributed by atoms with Crippen LogP contribution in [0.25, 0.3) is 11.4 Å². The lowest BCUT2D eigenvalue weighted by molar-refractivity contribution is 0.0956. The first-order chi connectivity index (χ1) is 12.6. The van der Waals surface area contributed by atoms with Gasteiger partial charge >= 0.3 is 5.69 Å². The van der Waals surface area contributed by atoms with E-state index in [9.17, 15) is 9.59 Å². The largest absolute Gasteiger partial charge is 0.349 e. The molecule has 0 aromatic carbocycles. The Bertz CT molecular complexity index is 985. The van der Waals surface area contributed by atoms with Crippen LogP contribution in [0, 0.1) is 6.92 Å². The van der Waals surface area contributed by atoms with Gasteiger partial charge in [-0.05, 0) is 48.9 Å². The van der Waals surface area contributed by atoms with Gasteiger partial charge in [-0.1, -0.05) is 0 Å². The van der Waals surface area contributed by atoms with E-state index in [2.05, 4.69) is 15.4 Å². The van der Waals surface area contributed by atoms with E-state index in [4.69, 9.17) is 0 Å². The van der Waals surface area contributed by atoms with E-state index in [1.807, 2.05) is 30.5 Å². The summed E-state index contributed by atoms with van der Waals surface area (Å²) in [5.41, 5.74) is 1.77. The summed E-state index contributed by atoms with van der Waals surface area (Å²) in [6.45, 7) is 2.64. The van der Waals surface area contributed by atoms with E-state index in [1.54, 1.807) is 17.0 Å². The first-order valence-electron chi connectivity index (χ1n) is 8.56. The van der Waals surface area contributed by atoms with Crippen molar-refractivity contribution in [3.05, 3.63) is 56.9 Å². The molecule has 8 heteroatoms. The number of nitrogens with zero attached hydrogens (tertiary/aromatic N) is 4. The molecule has 1 fully saturated rings. The quantitative estimate of drug-likeness (QED) is 0.722. The summed E-state index contributed by atoms with van der Waals surface area (Å²) >= 11 is 1.42. The lowest BCUT2D eigenvalue weighted by atomic mass is 10.3. The highest BCUT2D eigenvalue weighted by Crippen LogP contribution is 2.36. The standard InChI is InChI=1S/C18H19N5O2S/c1-12-9-15(26-11-12)17(24)20-7-8-22-18(25)23(14-4-5-14)16(21-22)13-3-2-6-19-10-13/h2-3,6,9-11,14H,4-5,7-8H2,1H3,(H,20,24). The number of carbonyl (C=O) groups excluding carboxylic acids is 1. The Balaban J connectivity index is 1.50. The topological polar surface area (TPSA) is 81.8 Å². The van der Waals surface area contributed by atoms with Gasteiger partial charge in [0.2, 0.25) is 0 Å². The Hall–Kier alpha value is -2.74. The van der Waals surface area contributed by atoms with Gasteiger partial charge in [0.1, 0.15) is 0 Å². The number of hydrogen-bond acceptors (Lipinski definition) is 5. The summed E-state index contributed by atoms with van der Waals surface area (Å²) in [5.74, 6) is 0.524. The molecule has 1 saturated carbocycles. The lowest BCUT2D eigenvalue weighted by Crippen LogP contribution is -2.31. The zero-order valence-electron chi connectivity index (χ0n) is 14.4. The van der Waals surface area contributed by atoms with Gasteiger partial charge in [0.25, 0.3) is 5.91 Å². The van der Waals surface area contributed by atoms with Crippen LogP contribution < -0.4 is 11.0 Å². The number of pyridine rings is 1. The summed E-state index contributed by atoms with van der Waals surface area (Å²) < 4.78 is 3.18. The van der Waals surface area contributed by atoms with Gasteiger partial charge in [0, 0.05) is 30.5 Å². The van der Waals surface area contributed by atoms with Crippen molar-refractivity contribution in [3.8, 4) is 11.4 Å². The number of amides is 1. The van der Waals surface area contributed by atoms with Crippen LogP contribution in [0.5, 0.6) is 0 Å². The number of rotatable bonds is 6. The maximum absolute atomic E-state index is 12.7. The SMILES string of the molecule is Cc1csc(C(=O)NCCn2nc(-c3cccnc3)n(C3CC3)c2=O)c1. The Morgan fingerprint density at radius 1 is 1.42 bits per heavy atom. The molecular formula is C18H19N5O2S. The van der Waals surface area contributed by atoms with E-state index < -0.39 is 0 Å². The second-order valence-corrected chi connectivity index (χ2v) is 7.33. The number of nitrogens with one attached hydrogen (secondary N) is 1. The Morgan fingerprint density at radius 3 is 2.92 bits per heavy atom. The van der Waals surface area contributed by atoms with Crippen molar-refractivity contribution in [3.63, 3.8) is 0 Å². The molecule has 0 atom stereocenters. The minimum absolute atomic E-state index is 0.120. The molecule has 7 nitrogen and oxygen atoms in total. The van der Waals surface area contributed by atoms with Crippen molar-refractivity contribution >= 4 is 17.2 Å². The molecule has 1 aliphatic carbocycles. The van der Waals surface area contributed by atoms with Gasteiger partial charge in [0.05, 0.1) is 11.4 Å². The van der Waals surface area contributed by atoms with Crippen molar-refractivity contribution in [2.24, 2.45) is 0 Å². The van der Waals surface area contributed by atoms with Crippen LogP contribution in [0.3, 0.4) is 0 Å². The van der Waals surface area contributed by atoms with Gasteiger partial charge in [0.15, 0.2) is 5.82 Å². The molecule has 0 bridgehead atoms. The van der Waals surface area contributed by atoms with Crippen molar-refractivity contribution in [2.75, 3.05) is 6.54 Å². The molecule has 0 radical (unpaired) electrons. The average molecular weight is 369 g/mol. The maximum atomic E-state index is 12.7. The normalized spacial score (nSPS) is 13.7. The Kier molecular flexibility index (Phi) is 4.42. The second kappa shape index (κ2) is 6.87. The van der Waals surface area contributed by atoms with Gasteiger partial charge < -0.3 is 5.32 Å². The number of carbonyl (C=O) groups is 1. The third kappa shape index (κ3) is 3.32. The van der Waals surface area contributed by atoms with Crippen molar-refractivity contribution in [2.45, 2.75) is 32.4 Å². The fourth-order valence-electron chi connectivity index (χ4n) is 2.83. The number of hydrogen-bond donors (Lipinski definition) is 1. The lowest BCUT2D eigenvalue weighted by Gasteiger charge is -2.02. The molecule has 1 aliphatic rings. The molecule has 26 heavy (non-hydrogen) atoms. The van der Waals surface area contributed by atoms with E-state index in [-0.39, 0.29) is 17.6 Å².